The maximum Gasteiger partial charge on any atom is 0.0900 e. The molecule has 2 heterocycles. The van der Waals surface area contributed by atoms with Gasteiger partial charge in [0.1, 0.15) is 0 Å². The average molecular weight is 357 g/mol. The molecular formula is C21H32N4O. The van der Waals surface area contributed by atoms with E-state index in [9.17, 15) is 5.11 Å². The van der Waals surface area contributed by atoms with Crippen LogP contribution >= 0.6 is 0 Å². The predicted molar refractivity (Wildman–Crippen MR) is 106 cm³/mol. The molecule has 0 aliphatic carbocycles. The standard InChI is InChI=1S/C21H32N4O/c1-17(2)19-6-8-20(9-7-19)25-14-18(12-22-25)13-24-11-5-10-21(26,16-24)15-23(3)4/h6-9,12,14,17,26H,5,10-11,13,15-16H2,1-4H3. The van der Waals surface area contributed by atoms with Crippen molar-refractivity contribution in [3.8, 4) is 5.69 Å². The number of piperidine rings is 1. The fraction of sp³-hybridized carbons (Fsp3) is 0.571. The molecule has 1 aliphatic heterocycles. The van der Waals surface area contributed by atoms with Crippen LogP contribution in [-0.4, -0.2) is 64.0 Å². The molecular weight excluding hydrogens is 324 g/mol. The van der Waals surface area contributed by atoms with Crippen LogP contribution in [0, 0.1) is 0 Å². The Balaban J connectivity index is 1.64. The van der Waals surface area contributed by atoms with Gasteiger partial charge < -0.3 is 10.0 Å². The summed E-state index contributed by atoms with van der Waals surface area (Å²) in [5, 5.41) is 15.4. The summed E-state index contributed by atoms with van der Waals surface area (Å²) in [6.07, 6.45) is 5.96. The summed E-state index contributed by atoms with van der Waals surface area (Å²) < 4.78 is 1.94. The summed E-state index contributed by atoms with van der Waals surface area (Å²) in [5.74, 6) is 0.539. The minimum Gasteiger partial charge on any atom is -0.387 e. The quantitative estimate of drug-likeness (QED) is 0.864. The molecule has 1 N–H and O–H groups in total. The molecule has 1 saturated heterocycles. The number of β-amino-alcohol motifs (C(OH)–C–C–N with tert-alkyl or cyclic N) is 1. The highest BCUT2D eigenvalue weighted by Gasteiger charge is 2.33. The van der Waals surface area contributed by atoms with E-state index in [1.165, 1.54) is 11.1 Å². The maximum absolute atomic E-state index is 10.8. The van der Waals surface area contributed by atoms with Gasteiger partial charge in [0.05, 0.1) is 17.5 Å². The topological polar surface area (TPSA) is 44.5 Å². The second-order valence-corrected chi connectivity index (χ2v) is 8.32. The number of benzene rings is 1. The van der Waals surface area contributed by atoms with Crippen LogP contribution in [0.4, 0.5) is 0 Å². The van der Waals surface area contributed by atoms with Gasteiger partial charge in [-0.2, -0.15) is 5.10 Å². The van der Waals surface area contributed by atoms with E-state index in [1.54, 1.807) is 0 Å². The van der Waals surface area contributed by atoms with Crippen LogP contribution in [0.15, 0.2) is 36.7 Å². The highest BCUT2D eigenvalue weighted by Crippen LogP contribution is 2.23. The molecule has 0 spiro atoms. The molecule has 0 bridgehead atoms. The fourth-order valence-electron chi connectivity index (χ4n) is 3.91. The smallest absolute Gasteiger partial charge is 0.0900 e. The van der Waals surface area contributed by atoms with Crippen LogP contribution in [0.5, 0.6) is 0 Å². The zero-order valence-corrected chi connectivity index (χ0v) is 16.5. The second-order valence-electron chi connectivity index (χ2n) is 8.32. The van der Waals surface area contributed by atoms with E-state index in [-0.39, 0.29) is 0 Å². The summed E-state index contributed by atoms with van der Waals surface area (Å²) in [6, 6.07) is 8.60. The van der Waals surface area contributed by atoms with Gasteiger partial charge in [-0.05, 0) is 57.1 Å². The molecule has 0 saturated carbocycles. The number of rotatable bonds is 6. The molecule has 0 amide bonds. The second kappa shape index (κ2) is 7.91. The van der Waals surface area contributed by atoms with E-state index in [0.29, 0.717) is 12.5 Å². The molecule has 5 nitrogen and oxygen atoms in total. The van der Waals surface area contributed by atoms with Gasteiger partial charge in [0.25, 0.3) is 0 Å². The van der Waals surface area contributed by atoms with Gasteiger partial charge in [0.2, 0.25) is 0 Å². The van der Waals surface area contributed by atoms with Gasteiger partial charge in [-0.25, -0.2) is 4.68 Å². The van der Waals surface area contributed by atoms with E-state index in [4.69, 9.17) is 0 Å². The van der Waals surface area contributed by atoms with Gasteiger partial charge in [-0.3, -0.25) is 4.90 Å². The molecule has 142 valence electrons. The lowest BCUT2D eigenvalue weighted by Gasteiger charge is -2.40. The lowest BCUT2D eigenvalue weighted by molar-refractivity contribution is -0.0479. The van der Waals surface area contributed by atoms with E-state index in [0.717, 1.165) is 38.2 Å². The first-order valence-electron chi connectivity index (χ1n) is 9.58. The fourth-order valence-corrected chi connectivity index (χ4v) is 3.91. The van der Waals surface area contributed by atoms with Crippen LogP contribution in [0.25, 0.3) is 5.69 Å². The van der Waals surface area contributed by atoms with Crippen molar-refractivity contribution < 1.29 is 5.11 Å². The Labute approximate surface area is 157 Å². The Kier molecular flexibility index (Phi) is 5.80. The van der Waals surface area contributed by atoms with Crippen LogP contribution in [0.3, 0.4) is 0 Å². The third-order valence-electron chi connectivity index (χ3n) is 5.11. The van der Waals surface area contributed by atoms with Gasteiger partial charge in [-0.15, -0.1) is 0 Å². The molecule has 1 aliphatic rings. The first-order chi connectivity index (χ1) is 12.3. The van der Waals surface area contributed by atoms with Gasteiger partial charge in [0.15, 0.2) is 0 Å². The average Bonchev–Trinajstić information content (AvgIpc) is 3.02. The number of nitrogens with zero attached hydrogens (tertiary/aromatic N) is 4. The molecule has 3 rings (SSSR count). The lowest BCUT2D eigenvalue weighted by atomic mass is 9.92. The Hall–Kier alpha value is -1.69. The first kappa shape index (κ1) is 19.1. The van der Waals surface area contributed by atoms with Crippen molar-refractivity contribution in [3.05, 3.63) is 47.8 Å². The molecule has 1 aromatic heterocycles. The van der Waals surface area contributed by atoms with Crippen molar-refractivity contribution in [2.45, 2.75) is 44.8 Å². The third kappa shape index (κ3) is 4.72. The zero-order chi connectivity index (χ0) is 18.7. The van der Waals surface area contributed by atoms with Gasteiger partial charge in [0, 0.05) is 31.4 Å². The number of aliphatic hydroxyl groups is 1. The molecule has 26 heavy (non-hydrogen) atoms. The molecule has 0 radical (unpaired) electrons. The van der Waals surface area contributed by atoms with Crippen molar-refractivity contribution in [3.63, 3.8) is 0 Å². The van der Waals surface area contributed by atoms with Gasteiger partial charge in [-0.1, -0.05) is 26.0 Å². The van der Waals surface area contributed by atoms with Crippen LogP contribution in [-0.2, 0) is 6.54 Å². The first-order valence-corrected chi connectivity index (χ1v) is 9.58. The van der Waals surface area contributed by atoms with E-state index in [1.807, 2.05) is 25.0 Å². The molecule has 2 aromatic rings. The largest absolute Gasteiger partial charge is 0.387 e. The molecule has 1 fully saturated rings. The number of aromatic nitrogens is 2. The summed E-state index contributed by atoms with van der Waals surface area (Å²) in [5.41, 5.74) is 3.01. The molecule has 1 unspecified atom stereocenters. The van der Waals surface area contributed by atoms with Crippen molar-refractivity contribution in [1.82, 2.24) is 19.6 Å². The summed E-state index contributed by atoms with van der Waals surface area (Å²) >= 11 is 0. The van der Waals surface area contributed by atoms with Gasteiger partial charge >= 0.3 is 0 Å². The zero-order valence-electron chi connectivity index (χ0n) is 16.5. The molecule has 5 heteroatoms. The van der Waals surface area contributed by atoms with Crippen molar-refractivity contribution in [1.29, 1.82) is 0 Å². The van der Waals surface area contributed by atoms with Crippen molar-refractivity contribution in [2.75, 3.05) is 33.7 Å². The predicted octanol–water partition coefficient (Wildman–Crippen LogP) is 2.88. The highest BCUT2D eigenvalue weighted by atomic mass is 16.3. The lowest BCUT2D eigenvalue weighted by Crippen LogP contribution is -2.52. The summed E-state index contributed by atoms with van der Waals surface area (Å²) in [4.78, 5) is 4.42. The highest BCUT2D eigenvalue weighted by molar-refractivity contribution is 5.35. The van der Waals surface area contributed by atoms with E-state index < -0.39 is 5.60 Å². The normalized spacial score (nSPS) is 21.7. The van der Waals surface area contributed by atoms with E-state index >= 15 is 0 Å². The van der Waals surface area contributed by atoms with Crippen LogP contribution in [0.1, 0.15) is 43.7 Å². The van der Waals surface area contributed by atoms with E-state index in [2.05, 4.69) is 59.2 Å². The minimum absolute atomic E-state index is 0.539. The Morgan fingerprint density at radius 1 is 1.23 bits per heavy atom. The van der Waals surface area contributed by atoms with Crippen molar-refractivity contribution >= 4 is 0 Å². The number of likely N-dealkylation sites (N-methyl/N-ethyl adjacent to an activating group) is 1. The number of likely N-dealkylation sites (tertiary alicyclic amines) is 1. The number of hydrogen-bond acceptors (Lipinski definition) is 4. The number of hydrogen-bond donors (Lipinski definition) is 1. The summed E-state index contributed by atoms with van der Waals surface area (Å²) in [6.45, 7) is 7.71. The minimum atomic E-state index is -0.607. The van der Waals surface area contributed by atoms with Crippen LogP contribution in [0.2, 0.25) is 0 Å². The summed E-state index contributed by atoms with van der Waals surface area (Å²) in [7, 11) is 4.04. The Morgan fingerprint density at radius 3 is 2.62 bits per heavy atom. The Bertz CT molecular complexity index is 707. The Morgan fingerprint density at radius 2 is 1.96 bits per heavy atom. The molecule has 1 atom stereocenters. The molecule has 1 aromatic carbocycles. The SMILES string of the molecule is CC(C)c1ccc(-n2cc(CN3CCCC(O)(CN(C)C)C3)cn2)cc1. The maximum atomic E-state index is 10.8. The van der Waals surface area contributed by atoms with Crippen molar-refractivity contribution in [2.24, 2.45) is 0 Å². The monoisotopic (exact) mass is 356 g/mol. The third-order valence-corrected chi connectivity index (χ3v) is 5.11. The van der Waals surface area contributed by atoms with Crippen LogP contribution < -0.4 is 0 Å².